The summed E-state index contributed by atoms with van der Waals surface area (Å²) in [6, 6.07) is 6.66. The molecule has 0 atom stereocenters. The number of quaternary nitrogens is 2. The summed E-state index contributed by atoms with van der Waals surface area (Å²) in [5.74, 6) is 0. The zero-order valence-electron chi connectivity index (χ0n) is 27.4. The Kier molecular flexibility index (Phi) is 22.9. The van der Waals surface area contributed by atoms with Crippen LogP contribution < -0.4 is 22.1 Å². The SMILES string of the molecule is CCCCC[NH2+]CCCCC.CCCCC[NH2+]CCCCC.Nc1ccc(-c2ccc(N)cc2S(=O)(=O)[O-])c(S(=O)(=O)[O-])c1. The molecule has 12 heteroatoms. The van der Waals surface area contributed by atoms with E-state index in [-0.39, 0.29) is 22.5 Å². The lowest BCUT2D eigenvalue weighted by molar-refractivity contribution is -0.655. The Hall–Kier alpha value is -2.22. The number of rotatable bonds is 19. The van der Waals surface area contributed by atoms with E-state index in [1.54, 1.807) is 0 Å². The first-order valence-corrected chi connectivity index (χ1v) is 19.0. The van der Waals surface area contributed by atoms with Crippen LogP contribution in [0.3, 0.4) is 0 Å². The summed E-state index contributed by atoms with van der Waals surface area (Å²) < 4.78 is 68.1. The van der Waals surface area contributed by atoms with Crippen LogP contribution in [0.25, 0.3) is 11.1 Å². The van der Waals surface area contributed by atoms with Crippen molar-refractivity contribution in [3.8, 4) is 11.1 Å². The molecular formula is C32H58N4O6S2. The van der Waals surface area contributed by atoms with Gasteiger partial charge in [-0.3, -0.25) is 0 Å². The molecule has 0 fully saturated rings. The van der Waals surface area contributed by atoms with Gasteiger partial charge in [0.25, 0.3) is 0 Å². The van der Waals surface area contributed by atoms with E-state index in [1.165, 1.54) is 115 Å². The summed E-state index contributed by atoms with van der Waals surface area (Å²) in [6.07, 6.45) is 16.6. The Morgan fingerprint density at radius 3 is 1.02 bits per heavy atom. The standard InChI is InChI=1S/C12H12N2O6S2.2C10H23N/c13-7-1-3-9(11(5-7)21(15,16)17)10-4-2-8(14)6-12(10)22(18,19)20;2*1-3-5-7-9-11-10-8-6-4-2/h1-6H,13-14H2,(H,15,16,17)(H,18,19,20);2*11H,3-10H2,1-2H3. The van der Waals surface area contributed by atoms with Crippen LogP contribution >= 0.6 is 0 Å². The minimum Gasteiger partial charge on any atom is -0.744 e. The third-order valence-electron chi connectivity index (χ3n) is 6.89. The predicted molar refractivity (Wildman–Crippen MR) is 178 cm³/mol. The maximum Gasteiger partial charge on any atom is 0.125 e. The minimum absolute atomic E-state index is 0.000139. The number of hydrogen-bond donors (Lipinski definition) is 4. The minimum atomic E-state index is -4.93. The zero-order valence-corrected chi connectivity index (χ0v) is 29.0. The van der Waals surface area contributed by atoms with Crippen LogP contribution in [0, 0.1) is 0 Å². The molecule has 0 heterocycles. The largest absolute Gasteiger partial charge is 0.744 e. The lowest BCUT2D eigenvalue weighted by atomic mass is 10.0. The molecule has 0 aliphatic carbocycles. The Balaban J connectivity index is 0.000000710. The molecule has 0 aliphatic heterocycles. The van der Waals surface area contributed by atoms with Crippen molar-refractivity contribution in [1.29, 1.82) is 0 Å². The lowest BCUT2D eigenvalue weighted by Gasteiger charge is -2.18. The Labute approximate surface area is 267 Å². The number of nitrogens with two attached hydrogens (primary N) is 4. The smallest absolute Gasteiger partial charge is 0.125 e. The summed E-state index contributed by atoms with van der Waals surface area (Å²) in [4.78, 5) is -1.44. The first-order chi connectivity index (χ1) is 20.8. The highest BCUT2D eigenvalue weighted by molar-refractivity contribution is 7.86. The average molecular weight is 659 g/mol. The average Bonchev–Trinajstić information content (AvgIpc) is 2.96. The van der Waals surface area contributed by atoms with E-state index < -0.39 is 30.0 Å². The van der Waals surface area contributed by atoms with E-state index in [0.29, 0.717) is 0 Å². The van der Waals surface area contributed by atoms with Crippen LogP contribution in [0.4, 0.5) is 11.4 Å². The molecule has 0 aromatic heterocycles. The van der Waals surface area contributed by atoms with E-state index in [0.717, 1.165) is 24.3 Å². The molecule has 0 amide bonds. The van der Waals surface area contributed by atoms with Crippen LogP contribution in [0.1, 0.15) is 105 Å². The molecule has 44 heavy (non-hydrogen) atoms. The summed E-state index contributed by atoms with van der Waals surface area (Å²) in [7, 11) is -9.87. The number of unbranched alkanes of at least 4 members (excludes halogenated alkanes) is 8. The van der Waals surface area contributed by atoms with Crippen LogP contribution in [0.2, 0.25) is 0 Å². The van der Waals surface area contributed by atoms with Gasteiger partial charge in [-0.1, -0.05) is 65.5 Å². The molecule has 2 aromatic rings. The number of nitrogen functional groups attached to an aromatic ring is 2. The first kappa shape index (κ1) is 41.8. The maximum absolute atomic E-state index is 11.3. The van der Waals surface area contributed by atoms with E-state index in [2.05, 4.69) is 38.3 Å². The number of benzene rings is 2. The van der Waals surface area contributed by atoms with Gasteiger partial charge in [-0.2, -0.15) is 0 Å². The van der Waals surface area contributed by atoms with Crippen LogP contribution in [-0.2, 0) is 20.2 Å². The molecule has 0 spiro atoms. The van der Waals surface area contributed by atoms with Gasteiger partial charge < -0.3 is 31.2 Å². The van der Waals surface area contributed by atoms with Crippen molar-refractivity contribution in [2.24, 2.45) is 0 Å². The van der Waals surface area contributed by atoms with Crippen LogP contribution in [0.5, 0.6) is 0 Å². The predicted octanol–water partition coefficient (Wildman–Crippen LogP) is 4.19. The van der Waals surface area contributed by atoms with E-state index in [1.807, 2.05) is 0 Å². The maximum atomic E-state index is 11.3. The molecule has 0 saturated carbocycles. The second-order valence-corrected chi connectivity index (χ2v) is 13.7. The Bertz CT molecular complexity index is 1140. The third-order valence-corrected chi connectivity index (χ3v) is 8.64. The van der Waals surface area contributed by atoms with Crippen molar-refractivity contribution < 1.29 is 36.6 Å². The van der Waals surface area contributed by atoms with Gasteiger partial charge in [0, 0.05) is 22.5 Å². The van der Waals surface area contributed by atoms with Crippen molar-refractivity contribution in [1.82, 2.24) is 0 Å². The fraction of sp³-hybridized carbons (Fsp3) is 0.625. The Morgan fingerprint density at radius 2 is 0.795 bits per heavy atom. The quantitative estimate of drug-likeness (QED) is 0.0978. The molecule has 8 N–H and O–H groups in total. The lowest BCUT2D eigenvalue weighted by Crippen LogP contribution is -2.84. The second-order valence-electron chi connectivity index (χ2n) is 11.0. The molecular weight excluding hydrogens is 601 g/mol. The Morgan fingerprint density at radius 1 is 0.523 bits per heavy atom. The van der Waals surface area contributed by atoms with Gasteiger partial charge in [0.05, 0.1) is 36.0 Å². The normalized spacial score (nSPS) is 11.3. The molecule has 254 valence electrons. The van der Waals surface area contributed by atoms with Crippen molar-refractivity contribution >= 4 is 31.6 Å². The van der Waals surface area contributed by atoms with E-state index in [9.17, 15) is 25.9 Å². The van der Waals surface area contributed by atoms with Gasteiger partial charge in [0.15, 0.2) is 0 Å². The van der Waals surface area contributed by atoms with Gasteiger partial charge in [-0.05, 0) is 75.6 Å². The molecule has 0 radical (unpaired) electrons. The van der Waals surface area contributed by atoms with Crippen LogP contribution in [0.15, 0.2) is 46.2 Å². The molecule has 10 nitrogen and oxygen atoms in total. The third kappa shape index (κ3) is 19.2. The molecule has 0 unspecified atom stereocenters. The molecule has 0 saturated heterocycles. The fourth-order valence-electron chi connectivity index (χ4n) is 4.38. The molecule has 2 rings (SSSR count). The van der Waals surface area contributed by atoms with Gasteiger partial charge in [0.2, 0.25) is 0 Å². The second kappa shape index (κ2) is 24.1. The summed E-state index contributed by atoms with van der Waals surface area (Å²) in [5.41, 5.74) is 10.4. The highest BCUT2D eigenvalue weighted by Gasteiger charge is 2.17. The van der Waals surface area contributed by atoms with Gasteiger partial charge in [-0.15, -0.1) is 0 Å². The summed E-state index contributed by atoms with van der Waals surface area (Å²) in [5, 5.41) is 4.93. The van der Waals surface area contributed by atoms with Crippen molar-refractivity contribution in [3.63, 3.8) is 0 Å². The topological polar surface area (TPSA) is 200 Å². The van der Waals surface area contributed by atoms with Crippen molar-refractivity contribution in [2.75, 3.05) is 37.6 Å². The van der Waals surface area contributed by atoms with Crippen molar-refractivity contribution in [2.45, 2.75) is 115 Å². The monoisotopic (exact) mass is 658 g/mol. The van der Waals surface area contributed by atoms with Gasteiger partial charge in [0.1, 0.15) is 20.2 Å². The van der Waals surface area contributed by atoms with Crippen molar-refractivity contribution in [3.05, 3.63) is 36.4 Å². The van der Waals surface area contributed by atoms with E-state index in [4.69, 9.17) is 11.5 Å². The molecule has 0 aliphatic rings. The number of anilines is 2. The highest BCUT2D eigenvalue weighted by Crippen LogP contribution is 2.34. The molecule has 0 bridgehead atoms. The summed E-state index contributed by atoms with van der Waals surface area (Å²) >= 11 is 0. The first-order valence-electron chi connectivity index (χ1n) is 16.2. The zero-order chi connectivity index (χ0) is 33.4. The highest BCUT2D eigenvalue weighted by atomic mass is 32.2. The molecule has 2 aromatic carbocycles. The summed E-state index contributed by atoms with van der Waals surface area (Å²) in [6.45, 7) is 14.4. The van der Waals surface area contributed by atoms with Gasteiger partial charge in [-0.25, -0.2) is 16.8 Å². The number of hydrogen-bond acceptors (Lipinski definition) is 8. The van der Waals surface area contributed by atoms with E-state index >= 15 is 0 Å². The van der Waals surface area contributed by atoms with Gasteiger partial charge >= 0.3 is 0 Å². The van der Waals surface area contributed by atoms with Crippen LogP contribution in [-0.4, -0.2) is 52.1 Å². The fourth-order valence-corrected chi connectivity index (χ4v) is 5.84.